The first-order chi connectivity index (χ1) is 7.29. The molecule has 1 aromatic carbocycles. The van der Waals surface area contributed by atoms with Gasteiger partial charge in [-0.2, -0.15) is 0 Å². The van der Waals surface area contributed by atoms with E-state index in [4.69, 9.17) is 5.73 Å². The monoisotopic (exact) mass is 201 g/mol. The molecule has 0 bridgehead atoms. The summed E-state index contributed by atoms with van der Waals surface area (Å²) in [5.74, 6) is 5.59. The largest absolute Gasteiger partial charge is 0.330 e. The molecule has 2 nitrogen and oxygen atoms in total. The Kier molecular flexibility index (Phi) is 4.59. The second-order valence-corrected chi connectivity index (χ2v) is 3.22. The van der Waals surface area contributed by atoms with E-state index < -0.39 is 0 Å². The molecule has 0 fully saturated rings. The standard InChI is InChI=1S/C13H15NO/c1-2-3-8-13(15)12-7-5-4-6-11(12)9-10-14/h4-7H,8-10,14H2,1H3. The van der Waals surface area contributed by atoms with Crippen molar-refractivity contribution < 1.29 is 4.79 Å². The number of nitrogens with two attached hydrogens (primary N) is 1. The van der Waals surface area contributed by atoms with Crippen molar-refractivity contribution in [2.45, 2.75) is 19.8 Å². The molecular weight excluding hydrogens is 186 g/mol. The highest BCUT2D eigenvalue weighted by Gasteiger charge is 2.08. The normalized spacial score (nSPS) is 9.20. The van der Waals surface area contributed by atoms with Gasteiger partial charge in [0.1, 0.15) is 0 Å². The van der Waals surface area contributed by atoms with Gasteiger partial charge < -0.3 is 5.73 Å². The maximum Gasteiger partial charge on any atom is 0.175 e. The van der Waals surface area contributed by atoms with E-state index in [2.05, 4.69) is 11.8 Å². The molecule has 0 saturated heterocycles. The van der Waals surface area contributed by atoms with Crippen LogP contribution in [0.5, 0.6) is 0 Å². The molecule has 0 saturated carbocycles. The molecular formula is C13H15NO. The zero-order valence-corrected chi connectivity index (χ0v) is 8.92. The topological polar surface area (TPSA) is 43.1 Å². The Morgan fingerprint density at radius 1 is 1.40 bits per heavy atom. The van der Waals surface area contributed by atoms with Crippen molar-refractivity contribution in [2.75, 3.05) is 6.54 Å². The van der Waals surface area contributed by atoms with E-state index in [0.29, 0.717) is 6.54 Å². The minimum Gasteiger partial charge on any atom is -0.330 e. The number of carbonyl (C=O) groups excluding carboxylic acids is 1. The van der Waals surface area contributed by atoms with Crippen LogP contribution in [0.25, 0.3) is 0 Å². The molecule has 0 radical (unpaired) electrons. The molecule has 78 valence electrons. The van der Waals surface area contributed by atoms with Crippen LogP contribution in [0.3, 0.4) is 0 Å². The van der Waals surface area contributed by atoms with Crippen LogP contribution in [0.4, 0.5) is 0 Å². The Balaban J connectivity index is 2.89. The third-order valence-corrected chi connectivity index (χ3v) is 2.16. The summed E-state index contributed by atoms with van der Waals surface area (Å²) in [6.45, 7) is 2.29. The fourth-order valence-corrected chi connectivity index (χ4v) is 1.43. The van der Waals surface area contributed by atoms with E-state index >= 15 is 0 Å². The molecule has 0 aromatic heterocycles. The molecule has 15 heavy (non-hydrogen) atoms. The molecule has 0 amide bonds. The second kappa shape index (κ2) is 6.00. The van der Waals surface area contributed by atoms with Gasteiger partial charge in [0.25, 0.3) is 0 Å². The Bertz CT molecular complexity index is 398. The lowest BCUT2D eigenvalue weighted by Gasteiger charge is -2.05. The summed E-state index contributed by atoms with van der Waals surface area (Å²) >= 11 is 0. The third kappa shape index (κ3) is 3.23. The highest BCUT2D eigenvalue weighted by molar-refractivity contribution is 5.98. The van der Waals surface area contributed by atoms with Gasteiger partial charge in [0.15, 0.2) is 5.78 Å². The van der Waals surface area contributed by atoms with Crippen molar-refractivity contribution in [3.05, 3.63) is 35.4 Å². The van der Waals surface area contributed by atoms with Crippen LogP contribution in [0.15, 0.2) is 24.3 Å². The summed E-state index contributed by atoms with van der Waals surface area (Å²) in [6.07, 6.45) is 1.03. The number of carbonyl (C=O) groups is 1. The second-order valence-electron chi connectivity index (χ2n) is 3.22. The van der Waals surface area contributed by atoms with E-state index in [-0.39, 0.29) is 12.2 Å². The highest BCUT2D eigenvalue weighted by atomic mass is 16.1. The average Bonchev–Trinajstić information content (AvgIpc) is 2.27. The van der Waals surface area contributed by atoms with Crippen LogP contribution in [0, 0.1) is 11.8 Å². The highest BCUT2D eigenvalue weighted by Crippen LogP contribution is 2.11. The van der Waals surface area contributed by atoms with Crippen molar-refractivity contribution in [3.63, 3.8) is 0 Å². The van der Waals surface area contributed by atoms with E-state index in [9.17, 15) is 4.79 Å². The van der Waals surface area contributed by atoms with E-state index in [1.807, 2.05) is 24.3 Å². The van der Waals surface area contributed by atoms with Gasteiger partial charge in [-0.05, 0) is 25.5 Å². The van der Waals surface area contributed by atoms with Crippen LogP contribution in [-0.4, -0.2) is 12.3 Å². The zero-order valence-electron chi connectivity index (χ0n) is 8.92. The Hall–Kier alpha value is -1.59. The van der Waals surface area contributed by atoms with Gasteiger partial charge >= 0.3 is 0 Å². The lowest BCUT2D eigenvalue weighted by atomic mass is 9.99. The fraction of sp³-hybridized carbons (Fsp3) is 0.308. The minimum absolute atomic E-state index is 0.0772. The molecule has 0 heterocycles. The number of ketones is 1. The predicted molar refractivity (Wildman–Crippen MR) is 61.6 cm³/mol. The smallest absolute Gasteiger partial charge is 0.175 e. The summed E-state index contributed by atoms with van der Waals surface area (Å²) in [5.41, 5.74) is 7.26. The maximum atomic E-state index is 11.8. The zero-order chi connectivity index (χ0) is 11.1. The van der Waals surface area contributed by atoms with Crippen molar-refractivity contribution in [2.24, 2.45) is 5.73 Å². The van der Waals surface area contributed by atoms with Gasteiger partial charge in [-0.15, -0.1) is 5.92 Å². The van der Waals surface area contributed by atoms with Crippen molar-refractivity contribution in [3.8, 4) is 11.8 Å². The van der Waals surface area contributed by atoms with E-state index in [0.717, 1.165) is 17.5 Å². The van der Waals surface area contributed by atoms with Crippen LogP contribution in [0.2, 0.25) is 0 Å². The first kappa shape index (κ1) is 11.5. The molecule has 0 atom stereocenters. The first-order valence-corrected chi connectivity index (χ1v) is 5.00. The summed E-state index contributed by atoms with van der Waals surface area (Å²) in [6, 6.07) is 7.57. The van der Waals surface area contributed by atoms with E-state index in [1.165, 1.54) is 0 Å². The maximum absolute atomic E-state index is 11.8. The minimum atomic E-state index is 0.0772. The predicted octanol–water partition coefficient (Wildman–Crippen LogP) is 1.78. The van der Waals surface area contributed by atoms with E-state index in [1.54, 1.807) is 6.92 Å². The SMILES string of the molecule is CC#CCC(=O)c1ccccc1CCN. The summed E-state index contributed by atoms with van der Waals surface area (Å²) in [5, 5.41) is 0. The Morgan fingerprint density at radius 3 is 2.80 bits per heavy atom. The lowest BCUT2D eigenvalue weighted by molar-refractivity contribution is 0.0997. The molecule has 0 unspecified atom stereocenters. The fourth-order valence-electron chi connectivity index (χ4n) is 1.43. The van der Waals surface area contributed by atoms with Crippen molar-refractivity contribution in [1.82, 2.24) is 0 Å². The number of Topliss-reactive ketones (excluding diaryl/α,β-unsaturated/α-hetero) is 1. The van der Waals surface area contributed by atoms with Gasteiger partial charge in [0.2, 0.25) is 0 Å². The van der Waals surface area contributed by atoms with Crippen LogP contribution >= 0.6 is 0 Å². The van der Waals surface area contributed by atoms with Crippen LogP contribution < -0.4 is 5.73 Å². The van der Waals surface area contributed by atoms with Gasteiger partial charge in [0, 0.05) is 5.56 Å². The Morgan fingerprint density at radius 2 is 2.13 bits per heavy atom. The first-order valence-electron chi connectivity index (χ1n) is 5.00. The molecule has 0 spiro atoms. The Labute approximate surface area is 90.5 Å². The molecule has 0 aliphatic rings. The van der Waals surface area contributed by atoms with Gasteiger partial charge in [-0.25, -0.2) is 0 Å². The molecule has 0 aliphatic carbocycles. The van der Waals surface area contributed by atoms with Crippen LogP contribution in [-0.2, 0) is 6.42 Å². The lowest BCUT2D eigenvalue weighted by Crippen LogP contribution is -2.08. The molecule has 1 aromatic rings. The van der Waals surface area contributed by atoms with Crippen molar-refractivity contribution in [1.29, 1.82) is 0 Å². The summed E-state index contributed by atoms with van der Waals surface area (Å²) < 4.78 is 0. The van der Waals surface area contributed by atoms with Gasteiger partial charge in [-0.1, -0.05) is 30.2 Å². The summed E-state index contributed by atoms with van der Waals surface area (Å²) in [4.78, 5) is 11.8. The van der Waals surface area contributed by atoms with Gasteiger partial charge in [0.05, 0.1) is 6.42 Å². The molecule has 1 rings (SSSR count). The number of hydrogen-bond donors (Lipinski definition) is 1. The number of hydrogen-bond acceptors (Lipinski definition) is 2. The van der Waals surface area contributed by atoms with Crippen molar-refractivity contribution >= 4 is 5.78 Å². The average molecular weight is 201 g/mol. The van der Waals surface area contributed by atoms with Gasteiger partial charge in [-0.3, -0.25) is 4.79 Å². The molecule has 2 N–H and O–H groups in total. The number of benzene rings is 1. The quantitative estimate of drug-likeness (QED) is 0.596. The summed E-state index contributed by atoms with van der Waals surface area (Å²) in [7, 11) is 0. The number of rotatable bonds is 4. The third-order valence-electron chi connectivity index (χ3n) is 2.16. The molecule has 2 heteroatoms. The van der Waals surface area contributed by atoms with Crippen LogP contribution in [0.1, 0.15) is 29.3 Å². The molecule has 0 aliphatic heterocycles.